The average Bonchev–Trinajstić information content (AvgIpc) is 2.56. The molecule has 0 fully saturated rings. The van der Waals surface area contributed by atoms with Crippen LogP contribution in [0.4, 0.5) is 0 Å². The first kappa shape index (κ1) is 10.6. The van der Waals surface area contributed by atoms with E-state index in [1.54, 1.807) is 0 Å². The van der Waals surface area contributed by atoms with Crippen LogP contribution in [0.15, 0.2) is 5.16 Å². The number of nitrogens with zero attached hydrogens (tertiary/aromatic N) is 2. The van der Waals surface area contributed by atoms with E-state index in [9.17, 15) is 8.42 Å². The molecule has 1 aliphatic heterocycles. The molecular weight excluding hydrogens is 214 g/mol. The lowest BCUT2D eigenvalue weighted by molar-refractivity contribution is 0.500. The Morgan fingerprint density at radius 3 is 2.60 bits per heavy atom. The molecule has 0 spiro atoms. The second-order valence-electron chi connectivity index (χ2n) is 4.13. The van der Waals surface area contributed by atoms with Crippen molar-refractivity contribution in [3.05, 3.63) is 11.4 Å². The van der Waals surface area contributed by atoms with Crippen LogP contribution in [-0.4, -0.2) is 24.2 Å². The van der Waals surface area contributed by atoms with Gasteiger partial charge >= 0.3 is 0 Å². The number of sulfone groups is 1. The van der Waals surface area contributed by atoms with Crippen LogP contribution >= 0.6 is 0 Å². The second-order valence-corrected chi connectivity index (χ2v) is 6.04. The van der Waals surface area contributed by atoms with Crippen molar-refractivity contribution in [1.29, 1.82) is 0 Å². The predicted molar refractivity (Wildman–Crippen MR) is 56.3 cm³/mol. The highest BCUT2D eigenvalue weighted by molar-refractivity contribution is 7.90. The standard InChI is InChI=1S/C9H15N3O2S/c1-6(2)12-8-5-10-4-7(8)11-9(12)15(3,13)14/h6,10H,4-5H2,1-3H3. The van der Waals surface area contributed by atoms with E-state index in [4.69, 9.17) is 0 Å². The molecule has 0 saturated carbocycles. The van der Waals surface area contributed by atoms with Crippen molar-refractivity contribution in [2.45, 2.75) is 38.1 Å². The van der Waals surface area contributed by atoms with Crippen LogP contribution in [0.1, 0.15) is 31.3 Å². The van der Waals surface area contributed by atoms with Crippen molar-refractivity contribution in [3.8, 4) is 0 Å². The van der Waals surface area contributed by atoms with Crippen LogP contribution in [0.3, 0.4) is 0 Å². The Morgan fingerprint density at radius 2 is 2.07 bits per heavy atom. The average molecular weight is 229 g/mol. The SMILES string of the molecule is CC(C)n1c(S(C)(=O)=O)nc2c1CNC2. The second kappa shape index (κ2) is 3.31. The van der Waals surface area contributed by atoms with E-state index in [1.165, 1.54) is 6.26 Å². The van der Waals surface area contributed by atoms with Crippen molar-refractivity contribution in [2.24, 2.45) is 0 Å². The summed E-state index contributed by atoms with van der Waals surface area (Å²) in [4.78, 5) is 4.20. The number of aromatic nitrogens is 2. The van der Waals surface area contributed by atoms with E-state index < -0.39 is 9.84 Å². The third kappa shape index (κ3) is 1.68. The predicted octanol–water partition coefficient (Wildman–Crippen LogP) is 0.471. The summed E-state index contributed by atoms with van der Waals surface area (Å²) in [5, 5.41) is 3.36. The maximum absolute atomic E-state index is 11.6. The molecule has 0 atom stereocenters. The third-order valence-electron chi connectivity index (χ3n) is 2.49. The molecule has 0 bridgehead atoms. The van der Waals surface area contributed by atoms with Gasteiger partial charge in [0.1, 0.15) is 0 Å². The largest absolute Gasteiger partial charge is 0.315 e. The lowest BCUT2D eigenvalue weighted by atomic mass is 10.3. The molecule has 0 radical (unpaired) electrons. The zero-order valence-corrected chi connectivity index (χ0v) is 9.93. The Balaban J connectivity index is 2.67. The van der Waals surface area contributed by atoms with E-state index in [-0.39, 0.29) is 11.2 Å². The molecule has 1 aromatic rings. The normalized spacial score (nSPS) is 16.0. The maximum atomic E-state index is 11.6. The van der Waals surface area contributed by atoms with Gasteiger partial charge in [-0.05, 0) is 13.8 Å². The van der Waals surface area contributed by atoms with Gasteiger partial charge in [0.2, 0.25) is 15.0 Å². The summed E-state index contributed by atoms with van der Waals surface area (Å²) in [7, 11) is -3.23. The molecule has 84 valence electrons. The molecule has 0 aromatic carbocycles. The van der Waals surface area contributed by atoms with E-state index in [1.807, 2.05) is 18.4 Å². The Hall–Kier alpha value is -0.880. The van der Waals surface area contributed by atoms with Crippen LogP contribution in [0, 0.1) is 0 Å². The van der Waals surface area contributed by atoms with Gasteiger partial charge in [-0.2, -0.15) is 0 Å². The first-order valence-electron chi connectivity index (χ1n) is 4.92. The van der Waals surface area contributed by atoms with Gasteiger partial charge in [0, 0.05) is 25.4 Å². The molecule has 6 heteroatoms. The minimum absolute atomic E-state index is 0.117. The lowest BCUT2D eigenvalue weighted by Gasteiger charge is -2.13. The molecular formula is C9H15N3O2S. The number of rotatable bonds is 2. The van der Waals surface area contributed by atoms with Crippen LogP contribution < -0.4 is 5.32 Å². The number of hydrogen-bond acceptors (Lipinski definition) is 4. The molecule has 5 nitrogen and oxygen atoms in total. The van der Waals surface area contributed by atoms with Gasteiger partial charge < -0.3 is 9.88 Å². The zero-order chi connectivity index (χ0) is 11.2. The van der Waals surface area contributed by atoms with Gasteiger partial charge in [-0.1, -0.05) is 0 Å². The minimum atomic E-state index is -3.23. The van der Waals surface area contributed by atoms with Crippen molar-refractivity contribution in [1.82, 2.24) is 14.9 Å². The molecule has 0 amide bonds. The molecule has 1 aliphatic rings. The van der Waals surface area contributed by atoms with Gasteiger partial charge in [-0.15, -0.1) is 0 Å². The molecule has 1 N–H and O–H groups in total. The Bertz CT molecular complexity index is 488. The van der Waals surface area contributed by atoms with Gasteiger partial charge in [0.05, 0.1) is 11.4 Å². The van der Waals surface area contributed by atoms with Crippen molar-refractivity contribution < 1.29 is 8.42 Å². The summed E-state index contributed by atoms with van der Waals surface area (Å²) >= 11 is 0. The van der Waals surface area contributed by atoms with Crippen molar-refractivity contribution in [2.75, 3.05) is 6.26 Å². The van der Waals surface area contributed by atoms with Gasteiger partial charge in [-0.25, -0.2) is 13.4 Å². The molecule has 1 aromatic heterocycles. The number of hydrogen-bond donors (Lipinski definition) is 1. The molecule has 2 rings (SSSR count). The summed E-state index contributed by atoms with van der Waals surface area (Å²) in [6.45, 7) is 5.30. The van der Waals surface area contributed by atoms with E-state index >= 15 is 0 Å². The highest BCUT2D eigenvalue weighted by atomic mass is 32.2. The Labute approximate surface area is 89.4 Å². The van der Waals surface area contributed by atoms with Gasteiger partial charge in [-0.3, -0.25) is 0 Å². The summed E-state index contributed by atoms with van der Waals surface area (Å²) in [6.07, 6.45) is 1.21. The monoisotopic (exact) mass is 229 g/mol. The fraction of sp³-hybridized carbons (Fsp3) is 0.667. The van der Waals surface area contributed by atoms with E-state index in [0.29, 0.717) is 13.1 Å². The number of fused-ring (bicyclic) bond motifs is 1. The van der Waals surface area contributed by atoms with Crippen molar-refractivity contribution in [3.63, 3.8) is 0 Å². The quantitative estimate of drug-likeness (QED) is 0.800. The lowest BCUT2D eigenvalue weighted by Crippen LogP contribution is -2.15. The Morgan fingerprint density at radius 1 is 1.40 bits per heavy atom. The molecule has 2 heterocycles. The third-order valence-corrected chi connectivity index (χ3v) is 3.44. The summed E-state index contributed by atoms with van der Waals surface area (Å²) in [5.41, 5.74) is 1.87. The zero-order valence-electron chi connectivity index (χ0n) is 9.11. The summed E-state index contributed by atoms with van der Waals surface area (Å²) in [6, 6.07) is 0.117. The summed E-state index contributed by atoms with van der Waals surface area (Å²) in [5.74, 6) is 0. The topological polar surface area (TPSA) is 64.0 Å². The van der Waals surface area contributed by atoms with Crippen LogP contribution in [-0.2, 0) is 22.9 Å². The number of nitrogens with one attached hydrogen (secondary N) is 1. The highest BCUT2D eigenvalue weighted by Crippen LogP contribution is 2.24. The molecule has 0 unspecified atom stereocenters. The summed E-state index contributed by atoms with van der Waals surface area (Å²) < 4.78 is 24.9. The highest BCUT2D eigenvalue weighted by Gasteiger charge is 2.27. The fourth-order valence-electron chi connectivity index (χ4n) is 1.91. The molecule has 0 saturated heterocycles. The van der Waals surface area contributed by atoms with E-state index in [0.717, 1.165) is 11.4 Å². The van der Waals surface area contributed by atoms with E-state index in [2.05, 4.69) is 10.3 Å². The minimum Gasteiger partial charge on any atom is -0.315 e. The first-order valence-corrected chi connectivity index (χ1v) is 6.81. The van der Waals surface area contributed by atoms with Crippen LogP contribution in [0.25, 0.3) is 0 Å². The first-order chi connectivity index (χ1) is 6.91. The van der Waals surface area contributed by atoms with Crippen LogP contribution in [0.2, 0.25) is 0 Å². The van der Waals surface area contributed by atoms with Gasteiger partial charge in [0.15, 0.2) is 0 Å². The fourth-order valence-corrected chi connectivity index (χ4v) is 2.86. The van der Waals surface area contributed by atoms with Crippen molar-refractivity contribution >= 4 is 9.84 Å². The smallest absolute Gasteiger partial charge is 0.228 e. The molecule has 15 heavy (non-hydrogen) atoms. The van der Waals surface area contributed by atoms with Crippen LogP contribution in [0.5, 0.6) is 0 Å². The van der Waals surface area contributed by atoms with Gasteiger partial charge in [0.25, 0.3) is 0 Å². The maximum Gasteiger partial charge on any atom is 0.228 e. The molecule has 0 aliphatic carbocycles. The number of imidazole rings is 1. The Kier molecular flexibility index (Phi) is 2.35.